The highest BCUT2D eigenvalue weighted by molar-refractivity contribution is 4.96. The Balaban J connectivity index is 2.05. The Morgan fingerprint density at radius 3 is 2.92 bits per heavy atom. The summed E-state index contributed by atoms with van der Waals surface area (Å²) in [4.78, 5) is 4.08. The van der Waals surface area contributed by atoms with E-state index in [1.807, 2.05) is 6.20 Å². The van der Waals surface area contributed by atoms with Crippen molar-refractivity contribution in [2.45, 2.75) is 25.5 Å². The van der Waals surface area contributed by atoms with Crippen LogP contribution in [0.4, 0.5) is 0 Å². The van der Waals surface area contributed by atoms with Gasteiger partial charge in [-0.05, 0) is 12.8 Å². The second-order valence-corrected chi connectivity index (χ2v) is 3.31. The Morgan fingerprint density at radius 1 is 1.54 bits per heavy atom. The number of hydrogen-bond donors (Lipinski definition) is 1. The van der Waals surface area contributed by atoms with E-state index in [-0.39, 0.29) is 6.61 Å². The monoisotopic (exact) mass is 182 g/mol. The van der Waals surface area contributed by atoms with E-state index in [1.54, 1.807) is 6.33 Å². The van der Waals surface area contributed by atoms with Crippen molar-refractivity contribution in [1.29, 1.82) is 0 Å². The summed E-state index contributed by atoms with van der Waals surface area (Å²) < 4.78 is 7.35. The third-order valence-electron chi connectivity index (χ3n) is 2.43. The van der Waals surface area contributed by atoms with Gasteiger partial charge in [-0.25, -0.2) is 4.98 Å². The second kappa shape index (κ2) is 3.89. The van der Waals surface area contributed by atoms with Gasteiger partial charge in [-0.2, -0.15) is 0 Å². The maximum atomic E-state index is 8.85. The molecule has 4 heteroatoms. The summed E-state index contributed by atoms with van der Waals surface area (Å²) in [6.07, 6.45) is 5.79. The highest BCUT2D eigenvalue weighted by atomic mass is 16.5. The minimum atomic E-state index is 0.0240. The van der Waals surface area contributed by atoms with E-state index in [1.165, 1.54) is 0 Å². The van der Waals surface area contributed by atoms with Crippen LogP contribution in [0.15, 0.2) is 12.5 Å². The summed E-state index contributed by atoms with van der Waals surface area (Å²) in [7, 11) is 0. The molecule has 72 valence electrons. The van der Waals surface area contributed by atoms with Gasteiger partial charge in [0.05, 0.1) is 18.6 Å². The number of aliphatic hydroxyl groups is 1. The maximum Gasteiger partial charge on any atom is 0.0953 e. The first-order valence-corrected chi connectivity index (χ1v) is 4.61. The molecule has 0 bridgehead atoms. The first-order valence-electron chi connectivity index (χ1n) is 4.61. The molecule has 2 rings (SSSR count). The fourth-order valence-corrected chi connectivity index (χ4v) is 1.64. The molecule has 0 radical (unpaired) electrons. The Morgan fingerprint density at radius 2 is 2.31 bits per heavy atom. The molecule has 0 saturated carbocycles. The topological polar surface area (TPSA) is 47.3 Å². The molecular weight excluding hydrogens is 168 g/mol. The lowest BCUT2D eigenvalue weighted by atomic mass is 10.1. The zero-order chi connectivity index (χ0) is 9.10. The van der Waals surface area contributed by atoms with Crippen LogP contribution >= 0.6 is 0 Å². The molecular formula is C9H14N2O2. The van der Waals surface area contributed by atoms with E-state index >= 15 is 0 Å². The van der Waals surface area contributed by atoms with Crippen LogP contribution in [0.5, 0.6) is 0 Å². The van der Waals surface area contributed by atoms with Crippen LogP contribution in [0.1, 0.15) is 24.6 Å². The largest absolute Gasteiger partial charge is 0.390 e. The lowest BCUT2D eigenvalue weighted by Crippen LogP contribution is -2.18. The van der Waals surface area contributed by atoms with Gasteiger partial charge in [-0.15, -0.1) is 0 Å². The van der Waals surface area contributed by atoms with E-state index in [0.29, 0.717) is 6.04 Å². The molecule has 0 unspecified atom stereocenters. The highest BCUT2D eigenvalue weighted by Gasteiger charge is 2.15. The SMILES string of the molecule is OCc1cn(C2CCOCC2)cn1. The van der Waals surface area contributed by atoms with Crippen LogP contribution in [0.2, 0.25) is 0 Å². The average molecular weight is 182 g/mol. The zero-order valence-electron chi connectivity index (χ0n) is 7.52. The molecule has 2 heterocycles. The molecule has 4 nitrogen and oxygen atoms in total. The first kappa shape index (κ1) is 8.72. The normalized spacial score (nSPS) is 19.2. The number of rotatable bonds is 2. The van der Waals surface area contributed by atoms with Crippen LogP contribution in [-0.4, -0.2) is 27.9 Å². The summed E-state index contributed by atoms with van der Waals surface area (Å²) >= 11 is 0. The third-order valence-corrected chi connectivity index (χ3v) is 2.43. The number of nitrogens with zero attached hydrogens (tertiary/aromatic N) is 2. The Labute approximate surface area is 77.2 Å². The van der Waals surface area contributed by atoms with Crippen molar-refractivity contribution < 1.29 is 9.84 Å². The Bertz CT molecular complexity index is 266. The van der Waals surface area contributed by atoms with Gasteiger partial charge in [0.1, 0.15) is 0 Å². The van der Waals surface area contributed by atoms with Crippen molar-refractivity contribution in [1.82, 2.24) is 9.55 Å². The quantitative estimate of drug-likeness (QED) is 0.733. The van der Waals surface area contributed by atoms with Crippen LogP contribution < -0.4 is 0 Å². The van der Waals surface area contributed by atoms with Gasteiger partial charge in [-0.3, -0.25) is 0 Å². The minimum Gasteiger partial charge on any atom is -0.390 e. The minimum absolute atomic E-state index is 0.0240. The highest BCUT2D eigenvalue weighted by Crippen LogP contribution is 2.20. The van der Waals surface area contributed by atoms with Gasteiger partial charge >= 0.3 is 0 Å². The number of ether oxygens (including phenoxy) is 1. The molecule has 1 fully saturated rings. The molecule has 1 aliphatic rings. The van der Waals surface area contributed by atoms with Gasteiger partial charge in [0.15, 0.2) is 0 Å². The molecule has 0 atom stereocenters. The van der Waals surface area contributed by atoms with Crippen molar-refractivity contribution in [3.05, 3.63) is 18.2 Å². The average Bonchev–Trinajstić information content (AvgIpc) is 2.67. The molecule has 1 aromatic rings. The van der Waals surface area contributed by atoms with E-state index in [4.69, 9.17) is 9.84 Å². The number of aliphatic hydroxyl groups excluding tert-OH is 1. The van der Waals surface area contributed by atoms with Crippen LogP contribution in [0.3, 0.4) is 0 Å². The molecule has 1 saturated heterocycles. The van der Waals surface area contributed by atoms with Gasteiger partial charge in [0, 0.05) is 25.5 Å². The third kappa shape index (κ3) is 1.89. The molecule has 1 N–H and O–H groups in total. The van der Waals surface area contributed by atoms with Crippen LogP contribution in [-0.2, 0) is 11.3 Å². The molecule has 0 spiro atoms. The number of hydrogen-bond acceptors (Lipinski definition) is 3. The molecule has 0 aliphatic carbocycles. The number of imidazole rings is 1. The molecule has 1 aromatic heterocycles. The second-order valence-electron chi connectivity index (χ2n) is 3.31. The van der Waals surface area contributed by atoms with Gasteiger partial charge in [0.25, 0.3) is 0 Å². The van der Waals surface area contributed by atoms with E-state index < -0.39 is 0 Å². The van der Waals surface area contributed by atoms with Crippen molar-refractivity contribution in [2.75, 3.05) is 13.2 Å². The molecule has 1 aliphatic heterocycles. The van der Waals surface area contributed by atoms with Crippen molar-refractivity contribution >= 4 is 0 Å². The smallest absolute Gasteiger partial charge is 0.0953 e. The maximum absolute atomic E-state index is 8.85. The lowest BCUT2D eigenvalue weighted by Gasteiger charge is -2.22. The number of aromatic nitrogens is 2. The van der Waals surface area contributed by atoms with Gasteiger partial charge in [0.2, 0.25) is 0 Å². The molecule has 13 heavy (non-hydrogen) atoms. The van der Waals surface area contributed by atoms with Crippen LogP contribution in [0.25, 0.3) is 0 Å². The lowest BCUT2D eigenvalue weighted by molar-refractivity contribution is 0.0695. The van der Waals surface area contributed by atoms with E-state index in [9.17, 15) is 0 Å². The van der Waals surface area contributed by atoms with Crippen molar-refractivity contribution in [2.24, 2.45) is 0 Å². The first-order chi connectivity index (χ1) is 6.40. The summed E-state index contributed by atoms with van der Waals surface area (Å²) in [6.45, 7) is 1.69. The van der Waals surface area contributed by atoms with Crippen molar-refractivity contribution in [3.8, 4) is 0 Å². The van der Waals surface area contributed by atoms with E-state index in [0.717, 1.165) is 31.7 Å². The standard InChI is InChI=1S/C9H14N2O2/c12-6-8-5-11(7-10-8)9-1-3-13-4-2-9/h5,7,9,12H,1-4,6H2. The summed E-state index contributed by atoms with van der Waals surface area (Å²) in [5, 5.41) is 8.85. The van der Waals surface area contributed by atoms with Crippen molar-refractivity contribution in [3.63, 3.8) is 0 Å². The Kier molecular flexibility index (Phi) is 2.61. The van der Waals surface area contributed by atoms with Crippen LogP contribution in [0, 0.1) is 0 Å². The van der Waals surface area contributed by atoms with Gasteiger partial charge in [-0.1, -0.05) is 0 Å². The zero-order valence-corrected chi connectivity index (χ0v) is 7.52. The predicted octanol–water partition coefficient (Wildman–Crippen LogP) is 0.727. The predicted molar refractivity (Wildman–Crippen MR) is 47.2 cm³/mol. The molecule has 0 aromatic carbocycles. The summed E-state index contributed by atoms with van der Waals surface area (Å²) in [5.41, 5.74) is 0.742. The van der Waals surface area contributed by atoms with E-state index in [2.05, 4.69) is 9.55 Å². The fraction of sp³-hybridized carbons (Fsp3) is 0.667. The summed E-state index contributed by atoms with van der Waals surface area (Å²) in [5.74, 6) is 0. The molecule has 0 amide bonds. The summed E-state index contributed by atoms with van der Waals surface area (Å²) in [6, 6.07) is 0.501. The van der Waals surface area contributed by atoms with Gasteiger partial charge < -0.3 is 14.4 Å². The Hall–Kier alpha value is -0.870. The fourth-order valence-electron chi connectivity index (χ4n) is 1.64.